The van der Waals surface area contributed by atoms with Gasteiger partial charge in [0.1, 0.15) is 5.75 Å². The number of ether oxygens (including phenoxy) is 1. The lowest BCUT2D eigenvalue weighted by Crippen LogP contribution is -2.35. The standard InChI is InChI=1S/C15H24N2O3/c1-15(2,8-9-18)11-16-10-14(19)17-12-6-4-5-7-13(12)20-3/h4-7,16,18H,8-11H2,1-3H3,(H,17,19). The van der Waals surface area contributed by atoms with Crippen LogP contribution in [0.2, 0.25) is 0 Å². The summed E-state index contributed by atoms with van der Waals surface area (Å²) >= 11 is 0. The summed E-state index contributed by atoms with van der Waals surface area (Å²) in [7, 11) is 1.57. The minimum atomic E-state index is -0.116. The normalized spacial score (nSPS) is 11.2. The van der Waals surface area contributed by atoms with Crippen LogP contribution in [0.4, 0.5) is 5.69 Å². The first kappa shape index (κ1) is 16.5. The van der Waals surface area contributed by atoms with Gasteiger partial charge in [-0.1, -0.05) is 26.0 Å². The lowest BCUT2D eigenvalue weighted by Gasteiger charge is -2.23. The van der Waals surface area contributed by atoms with E-state index in [0.29, 0.717) is 24.4 Å². The number of rotatable bonds is 8. The predicted octanol–water partition coefficient (Wildman–Crippen LogP) is 1.63. The van der Waals surface area contributed by atoms with Gasteiger partial charge in [-0.15, -0.1) is 0 Å². The van der Waals surface area contributed by atoms with Crippen LogP contribution in [0.15, 0.2) is 24.3 Å². The van der Waals surface area contributed by atoms with Gasteiger partial charge >= 0.3 is 0 Å². The average Bonchev–Trinajstić information content (AvgIpc) is 2.39. The average molecular weight is 280 g/mol. The van der Waals surface area contributed by atoms with E-state index < -0.39 is 0 Å². The highest BCUT2D eigenvalue weighted by atomic mass is 16.5. The fourth-order valence-electron chi connectivity index (χ4n) is 1.85. The van der Waals surface area contributed by atoms with E-state index in [9.17, 15) is 4.79 Å². The van der Waals surface area contributed by atoms with Gasteiger partial charge in [0.2, 0.25) is 5.91 Å². The number of methoxy groups -OCH3 is 1. The maximum absolute atomic E-state index is 11.8. The monoisotopic (exact) mass is 280 g/mol. The SMILES string of the molecule is COc1ccccc1NC(=O)CNCC(C)(C)CCO. The molecule has 0 atom stereocenters. The molecule has 1 rings (SSSR count). The number of amides is 1. The Labute approximate surface area is 120 Å². The predicted molar refractivity (Wildman–Crippen MR) is 80.0 cm³/mol. The van der Waals surface area contributed by atoms with Gasteiger partial charge in [0.05, 0.1) is 19.3 Å². The number of hydrogen-bond donors (Lipinski definition) is 3. The molecular formula is C15H24N2O3. The first-order valence-electron chi connectivity index (χ1n) is 6.73. The summed E-state index contributed by atoms with van der Waals surface area (Å²) in [5.74, 6) is 0.524. The minimum Gasteiger partial charge on any atom is -0.495 e. The number of carbonyl (C=O) groups is 1. The van der Waals surface area contributed by atoms with E-state index in [0.717, 1.165) is 0 Å². The van der Waals surface area contributed by atoms with Crippen LogP contribution in [-0.2, 0) is 4.79 Å². The van der Waals surface area contributed by atoms with Gasteiger partial charge < -0.3 is 20.5 Å². The molecule has 0 aliphatic rings. The molecule has 1 aromatic rings. The maximum Gasteiger partial charge on any atom is 0.238 e. The second-order valence-electron chi connectivity index (χ2n) is 5.49. The Morgan fingerprint density at radius 1 is 1.35 bits per heavy atom. The van der Waals surface area contributed by atoms with Gasteiger partial charge in [-0.2, -0.15) is 0 Å². The molecule has 20 heavy (non-hydrogen) atoms. The fourth-order valence-corrected chi connectivity index (χ4v) is 1.85. The molecule has 112 valence electrons. The van der Waals surface area contributed by atoms with Crippen LogP contribution in [0.3, 0.4) is 0 Å². The zero-order valence-corrected chi connectivity index (χ0v) is 12.4. The zero-order valence-electron chi connectivity index (χ0n) is 12.4. The van der Waals surface area contributed by atoms with Crippen LogP contribution in [0, 0.1) is 5.41 Å². The summed E-state index contributed by atoms with van der Waals surface area (Å²) in [6.45, 7) is 5.16. The molecular weight excluding hydrogens is 256 g/mol. The highest BCUT2D eigenvalue weighted by Crippen LogP contribution is 2.22. The molecule has 0 aromatic heterocycles. The molecule has 0 saturated heterocycles. The number of aliphatic hydroxyl groups excluding tert-OH is 1. The number of para-hydroxylation sites is 2. The first-order chi connectivity index (χ1) is 9.48. The van der Waals surface area contributed by atoms with Gasteiger partial charge in [0.15, 0.2) is 0 Å². The van der Waals surface area contributed by atoms with E-state index in [1.165, 1.54) is 0 Å². The second kappa shape index (κ2) is 7.87. The molecule has 0 bridgehead atoms. The van der Waals surface area contributed by atoms with Crippen molar-refractivity contribution in [1.82, 2.24) is 5.32 Å². The van der Waals surface area contributed by atoms with E-state index in [1.807, 2.05) is 26.0 Å². The summed E-state index contributed by atoms with van der Waals surface area (Å²) in [6, 6.07) is 7.29. The Bertz CT molecular complexity index is 433. The van der Waals surface area contributed by atoms with Gasteiger partial charge in [0, 0.05) is 13.2 Å². The largest absolute Gasteiger partial charge is 0.495 e. The van der Waals surface area contributed by atoms with E-state index in [4.69, 9.17) is 9.84 Å². The Hall–Kier alpha value is -1.59. The quantitative estimate of drug-likeness (QED) is 0.677. The Morgan fingerprint density at radius 3 is 2.70 bits per heavy atom. The van der Waals surface area contributed by atoms with Crippen molar-refractivity contribution in [1.29, 1.82) is 0 Å². The number of anilines is 1. The lowest BCUT2D eigenvalue weighted by atomic mass is 9.90. The van der Waals surface area contributed by atoms with E-state index in [2.05, 4.69) is 10.6 Å². The van der Waals surface area contributed by atoms with Crippen molar-refractivity contribution in [2.75, 3.05) is 32.1 Å². The molecule has 0 radical (unpaired) electrons. The molecule has 0 spiro atoms. The molecule has 0 heterocycles. The second-order valence-corrected chi connectivity index (χ2v) is 5.49. The van der Waals surface area contributed by atoms with E-state index in [-0.39, 0.29) is 24.5 Å². The van der Waals surface area contributed by atoms with E-state index in [1.54, 1.807) is 19.2 Å². The summed E-state index contributed by atoms with van der Waals surface area (Å²) < 4.78 is 5.17. The maximum atomic E-state index is 11.8. The van der Waals surface area contributed by atoms with Gasteiger partial charge in [-0.25, -0.2) is 0 Å². The van der Waals surface area contributed by atoms with Crippen molar-refractivity contribution in [3.05, 3.63) is 24.3 Å². The minimum absolute atomic E-state index is 0.0283. The Kier molecular flexibility index (Phi) is 6.48. The van der Waals surface area contributed by atoms with Gasteiger partial charge in [0.25, 0.3) is 0 Å². The van der Waals surface area contributed by atoms with Crippen LogP contribution < -0.4 is 15.4 Å². The molecule has 0 saturated carbocycles. The van der Waals surface area contributed by atoms with Crippen molar-refractivity contribution >= 4 is 11.6 Å². The summed E-state index contributed by atoms with van der Waals surface area (Å²) in [6.07, 6.45) is 0.703. The third-order valence-electron chi connectivity index (χ3n) is 3.06. The highest BCUT2D eigenvalue weighted by Gasteiger charge is 2.17. The molecule has 5 nitrogen and oxygen atoms in total. The number of aliphatic hydroxyl groups is 1. The highest BCUT2D eigenvalue weighted by molar-refractivity contribution is 5.93. The van der Waals surface area contributed by atoms with Crippen LogP contribution in [0.25, 0.3) is 0 Å². The van der Waals surface area contributed by atoms with Crippen molar-refractivity contribution in [2.24, 2.45) is 5.41 Å². The number of nitrogens with one attached hydrogen (secondary N) is 2. The molecule has 3 N–H and O–H groups in total. The van der Waals surface area contributed by atoms with Crippen LogP contribution in [-0.4, -0.2) is 37.8 Å². The summed E-state index contributed by atoms with van der Waals surface area (Å²) in [4.78, 5) is 11.8. The molecule has 0 aliphatic carbocycles. The fraction of sp³-hybridized carbons (Fsp3) is 0.533. The molecule has 0 unspecified atom stereocenters. The number of hydrogen-bond acceptors (Lipinski definition) is 4. The van der Waals surface area contributed by atoms with Crippen molar-refractivity contribution in [2.45, 2.75) is 20.3 Å². The van der Waals surface area contributed by atoms with Crippen molar-refractivity contribution in [3.8, 4) is 5.75 Å². The third-order valence-corrected chi connectivity index (χ3v) is 3.06. The lowest BCUT2D eigenvalue weighted by molar-refractivity contribution is -0.115. The zero-order chi connectivity index (χ0) is 15.0. The van der Waals surface area contributed by atoms with E-state index >= 15 is 0 Å². The van der Waals surface area contributed by atoms with Gasteiger partial charge in [-0.3, -0.25) is 4.79 Å². The first-order valence-corrected chi connectivity index (χ1v) is 6.73. The van der Waals surface area contributed by atoms with Crippen molar-refractivity contribution < 1.29 is 14.6 Å². The van der Waals surface area contributed by atoms with Crippen LogP contribution in [0.5, 0.6) is 5.75 Å². The van der Waals surface area contributed by atoms with Gasteiger partial charge in [-0.05, 0) is 24.0 Å². The molecule has 5 heteroatoms. The third kappa shape index (κ3) is 5.59. The Balaban J connectivity index is 2.41. The topological polar surface area (TPSA) is 70.6 Å². The molecule has 0 aliphatic heterocycles. The van der Waals surface area contributed by atoms with Crippen LogP contribution in [0.1, 0.15) is 20.3 Å². The van der Waals surface area contributed by atoms with Crippen molar-refractivity contribution in [3.63, 3.8) is 0 Å². The molecule has 1 aromatic carbocycles. The number of carbonyl (C=O) groups excluding carboxylic acids is 1. The molecule has 0 fully saturated rings. The smallest absolute Gasteiger partial charge is 0.238 e. The summed E-state index contributed by atoms with van der Waals surface area (Å²) in [5, 5.41) is 14.8. The van der Waals surface area contributed by atoms with Crippen LogP contribution >= 0.6 is 0 Å². The Morgan fingerprint density at radius 2 is 2.05 bits per heavy atom. The number of benzene rings is 1. The summed E-state index contributed by atoms with van der Waals surface area (Å²) in [5.41, 5.74) is 0.635. The molecule has 1 amide bonds.